The average Bonchev–Trinajstić information content (AvgIpc) is 2.01. The molecule has 72 valence electrons. The van der Waals surface area contributed by atoms with E-state index in [9.17, 15) is 5.11 Å². The summed E-state index contributed by atoms with van der Waals surface area (Å²) in [7, 11) is 0. The number of rotatable bonds is 1. The van der Waals surface area contributed by atoms with Gasteiger partial charge in [-0.2, -0.15) is 0 Å². The highest BCUT2D eigenvalue weighted by atomic mass is 35.5. The molecule has 0 bridgehead atoms. The van der Waals surface area contributed by atoms with Gasteiger partial charge in [0.05, 0.1) is 5.69 Å². The molecule has 13 heavy (non-hydrogen) atoms. The fourth-order valence-corrected chi connectivity index (χ4v) is 1.19. The second kappa shape index (κ2) is 3.64. The van der Waals surface area contributed by atoms with Crippen molar-refractivity contribution in [3.63, 3.8) is 0 Å². The molecule has 0 radical (unpaired) electrons. The van der Waals surface area contributed by atoms with Gasteiger partial charge >= 0.3 is 0 Å². The second-order valence-corrected chi connectivity index (χ2v) is 4.54. The van der Waals surface area contributed by atoms with E-state index in [1.807, 2.05) is 20.8 Å². The van der Waals surface area contributed by atoms with Crippen LogP contribution in [-0.2, 0) is 0 Å². The van der Waals surface area contributed by atoms with Crippen LogP contribution in [0.15, 0.2) is 18.2 Å². The number of hydrogen-bond acceptors (Lipinski definition) is 2. The van der Waals surface area contributed by atoms with Gasteiger partial charge in [-0.3, -0.25) is 0 Å². The van der Waals surface area contributed by atoms with Gasteiger partial charge in [0.25, 0.3) is 0 Å². The Morgan fingerprint density at radius 2 is 2.00 bits per heavy atom. The maximum Gasteiger partial charge on any atom is 0.129 e. The van der Waals surface area contributed by atoms with Gasteiger partial charge in [-0.15, -0.1) is 0 Å². The Bertz CT molecular complexity index is 293. The fourth-order valence-electron chi connectivity index (χ4n) is 1.02. The van der Waals surface area contributed by atoms with Gasteiger partial charge in [-0.25, -0.2) is 4.98 Å². The van der Waals surface area contributed by atoms with Crippen LogP contribution in [0.3, 0.4) is 0 Å². The number of aliphatic hydroxyl groups is 1. The normalized spacial score (nSPS) is 14.2. The Hall–Kier alpha value is -0.600. The number of hydrogen-bond donors (Lipinski definition) is 1. The Morgan fingerprint density at radius 1 is 1.38 bits per heavy atom. The molecule has 0 aliphatic rings. The topological polar surface area (TPSA) is 33.1 Å². The molecule has 0 fully saturated rings. The summed E-state index contributed by atoms with van der Waals surface area (Å²) in [6.45, 7) is 5.88. The summed E-state index contributed by atoms with van der Waals surface area (Å²) in [6.07, 6.45) is -0.578. The van der Waals surface area contributed by atoms with E-state index in [0.29, 0.717) is 10.8 Å². The first kappa shape index (κ1) is 10.5. The zero-order valence-electron chi connectivity index (χ0n) is 8.08. The van der Waals surface area contributed by atoms with Gasteiger partial charge in [0.15, 0.2) is 0 Å². The van der Waals surface area contributed by atoms with Gasteiger partial charge in [0.2, 0.25) is 0 Å². The molecule has 0 aliphatic heterocycles. The van der Waals surface area contributed by atoms with E-state index in [0.717, 1.165) is 0 Å². The van der Waals surface area contributed by atoms with E-state index in [-0.39, 0.29) is 5.41 Å². The lowest BCUT2D eigenvalue weighted by Crippen LogP contribution is -2.18. The van der Waals surface area contributed by atoms with Crippen LogP contribution >= 0.6 is 11.6 Å². The van der Waals surface area contributed by atoms with Crippen molar-refractivity contribution >= 4 is 11.6 Å². The number of pyridine rings is 1. The third kappa shape index (κ3) is 2.68. The molecule has 0 saturated carbocycles. The maximum absolute atomic E-state index is 9.86. The van der Waals surface area contributed by atoms with E-state index in [4.69, 9.17) is 11.6 Å². The molecule has 1 atom stereocenters. The van der Waals surface area contributed by atoms with E-state index in [2.05, 4.69) is 4.98 Å². The van der Waals surface area contributed by atoms with Gasteiger partial charge in [-0.1, -0.05) is 38.4 Å². The molecular weight excluding hydrogens is 186 g/mol. The zero-order valence-corrected chi connectivity index (χ0v) is 8.84. The van der Waals surface area contributed by atoms with Crippen LogP contribution in [-0.4, -0.2) is 10.1 Å². The van der Waals surface area contributed by atoms with Crippen LogP contribution in [0, 0.1) is 5.41 Å². The van der Waals surface area contributed by atoms with E-state index < -0.39 is 6.10 Å². The lowest BCUT2D eigenvalue weighted by atomic mass is 9.87. The lowest BCUT2D eigenvalue weighted by Gasteiger charge is -2.25. The summed E-state index contributed by atoms with van der Waals surface area (Å²) in [5.41, 5.74) is 0.414. The highest BCUT2D eigenvalue weighted by Gasteiger charge is 2.24. The molecule has 0 aliphatic carbocycles. The molecular formula is C10H14ClNO. The third-order valence-corrected chi connectivity index (χ3v) is 2.05. The molecule has 2 nitrogen and oxygen atoms in total. The molecule has 1 N–H and O–H groups in total. The van der Waals surface area contributed by atoms with E-state index in [1.54, 1.807) is 18.2 Å². The summed E-state index contributed by atoms with van der Waals surface area (Å²) < 4.78 is 0. The van der Waals surface area contributed by atoms with Crippen molar-refractivity contribution in [3.05, 3.63) is 29.0 Å². The highest BCUT2D eigenvalue weighted by molar-refractivity contribution is 6.29. The average molecular weight is 200 g/mol. The minimum absolute atomic E-state index is 0.211. The summed E-state index contributed by atoms with van der Waals surface area (Å²) in [6, 6.07) is 5.27. The molecule has 1 aromatic rings. The van der Waals surface area contributed by atoms with Crippen molar-refractivity contribution in [2.24, 2.45) is 5.41 Å². The molecule has 3 heteroatoms. The number of aliphatic hydroxyl groups excluding tert-OH is 1. The third-order valence-electron chi connectivity index (χ3n) is 1.84. The van der Waals surface area contributed by atoms with Crippen LogP contribution in [0.2, 0.25) is 5.15 Å². The fraction of sp³-hybridized carbons (Fsp3) is 0.500. The lowest BCUT2D eigenvalue weighted by molar-refractivity contribution is 0.0589. The quantitative estimate of drug-likeness (QED) is 0.706. The first-order chi connectivity index (χ1) is 5.91. The van der Waals surface area contributed by atoms with Gasteiger partial charge < -0.3 is 5.11 Å². The van der Waals surface area contributed by atoms with Crippen LogP contribution in [0.5, 0.6) is 0 Å². The van der Waals surface area contributed by atoms with Gasteiger partial charge in [-0.05, 0) is 17.5 Å². The van der Waals surface area contributed by atoms with Crippen molar-refractivity contribution in [2.45, 2.75) is 26.9 Å². The predicted octanol–water partition coefficient (Wildman–Crippen LogP) is 2.81. The Labute approximate surface area is 83.6 Å². The Morgan fingerprint density at radius 3 is 2.46 bits per heavy atom. The number of halogens is 1. The molecule has 0 aromatic carbocycles. The SMILES string of the molecule is CC(C)(C)C(O)c1cccc(Cl)n1. The van der Waals surface area contributed by atoms with E-state index >= 15 is 0 Å². The van der Waals surface area contributed by atoms with Crippen molar-refractivity contribution in [2.75, 3.05) is 0 Å². The van der Waals surface area contributed by atoms with Crippen molar-refractivity contribution in [1.82, 2.24) is 4.98 Å². The van der Waals surface area contributed by atoms with Crippen LogP contribution in [0.1, 0.15) is 32.6 Å². The minimum Gasteiger partial charge on any atom is -0.386 e. The predicted molar refractivity (Wildman–Crippen MR) is 53.7 cm³/mol. The first-order valence-corrected chi connectivity index (χ1v) is 4.59. The monoisotopic (exact) mass is 199 g/mol. The maximum atomic E-state index is 9.86. The molecule has 1 unspecified atom stereocenters. The number of nitrogens with zero attached hydrogens (tertiary/aromatic N) is 1. The largest absolute Gasteiger partial charge is 0.386 e. The Kier molecular flexibility index (Phi) is 2.94. The van der Waals surface area contributed by atoms with Crippen molar-refractivity contribution in [3.8, 4) is 0 Å². The summed E-state index contributed by atoms with van der Waals surface area (Å²) in [5.74, 6) is 0. The second-order valence-electron chi connectivity index (χ2n) is 4.15. The molecule has 0 amide bonds. The molecule has 0 saturated heterocycles. The van der Waals surface area contributed by atoms with Gasteiger partial charge in [0, 0.05) is 0 Å². The summed E-state index contributed by atoms with van der Waals surface area (Å²) in [5, 5.41) is 10.3. The smallest absolute Gasteiger partial charge is 0.129 e. The molecule has 1 heterocycles. The Balaban J connectivity index is 2.96. The minimum atomic E-state index is -0.578. The molecule has 0 spiro atoms. The summed E-state index contributed by atoms with van der Waals surface area (Å²) >= 11 is 5.72. The van der Waals surface area contributed by atoms with Gasteiger partial charge in [0.1, 0.15) is 11.3 Å². The van der Waals surface area contributed by atoms with E-state index in [1.165, 1.54) is 0 Å². The highest BCUT2D eigenvalue weighted by Crippen LogP contribution is 2.31. The summed E-state index contributed by atoms with van der Waals surface area (Å²) in [4.78, 5) is 4.05. The van der Waals surface area contributed by atoms with Crippen molar-refractivity contribution < 1.29 is 5.11 Å². The van der Waals surface area contributed by atoms with Crippen LogP contribution in [0.4, 0.5) is 0 Å². The molecule has 1 rings (SSSR count). The standard InChI is InChI=1S/C10H14ClNO/c1-10(2,3)9(13)7-5-4-6-8(11)12-7/h4-6,9,13H,1-3H3. The van der Waals surface area contributed by atoms with Crippen molar-refractivity contribution in [1.29, 1.82) is 0 Å². The van der Waals surface area contributed by atoms with Crippen LogP contribution in [0.25, 0.3) is 0 Å². The number of aromatic nitrogens is 1. The van der Waals surface area contributed by atoms with Crippen LogP contribution < -0.4 is 0 Å². The zero-order chi connectivity index (χ0) is 10.1. The molecule has 1 aromatic heterocycles. The first-order valence-electron chi connectivity index (χ1n) is 4.22.